The smallest absolute Gasteiger partial charge is 0.321 e. The Morgan fingerprint density at radius 1 is 1.67 bits per heavy atom. The molecule has 0 amide bonds. The molecule has 1 aliphatic carbocycles. The first-order valence-corrected chi connectivity index (χ1v) is 4.14. The molecule has 1 saturated heterocycles. The average molecular weight is 171 g/mol. The summed E-state index contributed by atoms with van der Waals surface area (Å²) in [5.41, 5.74) is 5.39. The Morgan fingerprint density at radius 2 is 2.17 bits per heavy atom. The maximum absolute atomic E-state index is 10.7. The maximum atomic E-state index is 10.7. The Hall–Kier alpha value is -0.610. The van der Waals surface area contributed by atoms with Crippen LogP contribution in [0, 0.1) is 17.3 Å². The van der Waals surface area contributed by atoms with Crippen LogP contribution in [0.5, 0.6) is 0 Å². The first-order chi connectivity index (χ1) is 5.58. The van der Waals surface area contributed by atoms with Crippen LogP contribution in [0.4, 0.5) is 0 Å². The molecule has 0 bridgehead atoms. The van der Waals surface area contributed by atoms with Gasteiger partial charge >= 0.3 is 5.97 Å². The fourth-order valence-corrected chi connectivity index (χ4v) is 2.36. The average Bonchev–Trinajstić information content (AvgIpc) is 2.52. The minimum absolute atomic E-state index is 0.204. The second-order valence-corrected chi connectivity index (χ2v) is 3.93. The van der Waals surface area contributed by atoms with Crippen LogP contribution in [-0.4, -0.2) is 30.3 Å². The number of hydrogen-bond acceptors (Lipinski definition) is 3. The quantitative estimate of drug-likeness (QED) is 0.597. The molecule has 0 spiro atoms. The largest absolute Gasteiger partial charge is 0.480 e. The first-order valence-electron chi connectivity index (χ1n) is 4.14. The fourth-order valence-electron chi connectivity index (χ4n) is 2.36. The number of hydrogen-bond donors (Lipinski definition) is 2. The lowest BCUT2D eigenvalue weighted by molar-refractivity contribution is -0.140. The molecule has 2 rings (SSSR count). The summed E-state index contributed by atoms with van der Waals surface area (Å²) in [7, 11) is 0. The van der Waals surface area contributed by atoms with Crippen molar-refractivity contribution in [1.29, 1.82) is 0 Å². The second kappa shape index (κ2) is 2.20. The van der Waals surface area contributed by atoms with Gasteiger partial charge in [-0.1, -0.05) is 6.92 Å². The molecule has 0 aromatic heterocycles. The summed E-state index contributed by atoms with van der Waals surface area (Å²) in [6.07, 6.45) is 0. The third-order valence-electron chi connectivity index (χ3n) is 3.51. The highest BCUT2D eigenvalue weighted by Crippen LogP contribution is 2.63. The van der Waals surface area contributed by atoms with Crippen molar-refractivity contribution in [2.45, 2.75) is 13.0 Å². The minimum atomic E-state index is -0.896. The van der Waals surface area contributed by atoms with Crippen LogP contribution in [0.25, 0.3) is 0 Å². The Kier molecular flexibility index (Phi) is 1.47. The van der Waals surface area contributed by atoms with Gasteiger partial charge in [0.1, 0.15) is 6.04 Å². The topological polar surface area (TPSA) is 72.6 Å². The lowest BCUT2D eigenvalue weighted by Gasteiger charge is -2.19. The van der Waals surface area contributed by atoms with Crippen LogP contribution in [0.3, 0.4) is 0 Å². The third-order valence-corrected chi connectivity index (χ3v) is 3.51. The van der Waals surface area contributed by atoms with E-state index in [1.807, 2.05) is 6.92 Å². The van der Waals surface area contributed by atoms with Gasteiger partial charge in [-0.25, -0.2) is 0 Å². The van der Waals surface area contributed by atoms with E-state index in [1.54, 1.807) is 0 Å². The van der Waals surface area contributed by atoms with E-state index in [-0.39, 0.29) is 5.41 Å². The molecule has 0 aromatic carbocycles. The van der Waals surface area contributed by atoms with Crippen LogP contribution in [0.2, 0.25) is 0 Å². The van der Waals surface area contributed by atoms with Gasteiger partial charge in [-0.2, -0.15) is 0 Å². The van der Waals surface area contributed by atoms with Gasteiger partial charge in [0.05, 0.1) is 13.2 Å². The molecule has 1 aliphatic heterocycles. The molecule has 2 fully saturated rings. The molecular weight excluding hydrogens is 158 g/mol. The van der Waals surface area contributed by atoms with Crippen LogP contribution < -0.4 is 5.73 Å². The highest BCUT2D eigenvalue weighted by molar-refractivity contribution is 5.75. The van der Waals surface area contributed by atoms with Crippen molar-refractivity contribution in [3.05, 3.63) is 0 Å². The molecule has 0 aromatic rings. The Morgan fingerprint density at radius 3 is 2.58 bits per heavy atom. The third kappa shape index (κ3) is 0.765. The van der Waals surface area contributed by atoms with Crippen molar-refractivity contribution in [2.24, 2.45) is 23.0 Å². The first kappa shape index (κ1) is 8.01. The van der Waals surface area contributed by atoms with E-state index < -0.39 is 12.0 Å². The van der Waals surface area contributed by atoms with Crippen LogP contribution in [-0.2, 0) is 9.53 Å². The zero-order chi connectivity index (χ0) is 8.93. The summed E-state index contributed by atoms with van der Waals surface area (Å²) in [6, 6.07) is -0.726. The van der Waals surface area contributed by atoms with E-state index in [4.69, 9.17) is 15.6 Å². The van der Waals surface area contributed by atoms with Gasteiger partial charge in [0, 0.05) is 5.41 Å². The summed E-state index contributed by atoms with van der Waals surface area (Å²) in [5.74, 6) is -0.140. The van der Waals surface area contributed by atoms with Gasteiger partial charge in [0.2, 0.25) is 0 Å². The number of carboxylic acids is 1. The van der Waals surface area contributed by atoms with Crippen molar-refractivity contribution in [3.63, 3.8) is 0 Å². The van der Waals surface area contributed by atoms with Crippen molar-refractivity contribution in [1.82, 2.24) is 0 Å². The monoisotopic (exact) mass is 171 g/mol. The van der Waals surface area contributed by atoms with E-state index in [2.05, 4.69) is 0 Å². The Labute approximate surface area is 70.7 Å². The van der Waals surface area contributed by atoms with Gasteiger partial charge in [-0.3, -0.25) is 4.79 Å². The summed E-state index contributed by atoms with van der Waals surface area (Å²) >= 11 is 0. The van der Waals surface area contributed by atoms with Gasteiger partial charge in [-0.15, -0.1) is 0 Å². The summed E-state index contributed by atoms with van der Waals surface area (Å²) in [5, 5.41) is 8.75. The molecule has 1 saturated carbocycles. The maximum Gasteiger partial charge on any atom is 0.321 e. The van der Waals surface area contributed by atoms with Crippen molar-refractivity contribution in [2.75, 3.05) is 13.2 Å². The molecule has 2 aliphatic rings. The molecule has 3 atom stereocenters. The van der Waals surface area contributed by atoms with E-state index in [1.165, 1.54) is 0 Å². The number of rotatable bonds is 2. The molecule has 4 nitrogen and oxygen atoms in total. The molecule has 0 radical (unpaired) electrons. The number of carboxylic acid groups (broad SMARTS) is 1. The van der Waals surface area contributed by atoms with Gasteiger partial charge in [0.25, 0.3) is 0 Å². The molecule has 4 heteroatoms. The summed E-state index contributed by atoms with van der Waals surface area (Å²) in [6.45, 7) is 3.31. The SMILES string of the molecule is CC1(C(N)C(=O)O)C2COCC21. The predicted molar refractivity (Wildman–Crippen MR) is 41.5 cm³/mol. The molecule has 12 heavy (non-hydrogen) atoms. The van der Waals surface area contributed by atoms with E-state index in [0.29, 0.717) is 25.0 Å². The lowest BCUT2D eigenvalue weighted by Crippen LogP contribution is -2.41. The van der Waals surface area contributed by atoms with Gasteiger partial charge in [0.15, 0.2) is 0 Å². The number of carbonyl (C=O) groups is 1. The molecule has 1 heterocycles. The van der Waals surface area contributed by atoms with Crippen molar-refractivity contribution in [3.8, 4) is 0 Å². The highest BCUT2D eigenvalue weighted by atomic mass is 16.5. The van der Waals surface area contributed by atoms with E-state index >= 15 is 0 Å². The lowest BCUT2D eigenvalue weighted by atomic mass is 9.94. The summed E-state index contributed by atoms with van der Waals surface area (Å²) < 4.78 is 5.18. The fraction of sp³-hybridized carbons (Fsp3) is 0.875. The number of nitrogens with two attached hydrogens (primary N) is 1. The van der Waals surface area contributed by atoms with E-state index in [0.717, 1.165) is 0 Å². The minimum Gasteiger partial charge on any atom is -0.480 e. The second-order valence-electron chi connectivity index (χ2n) is 3.93. The number of aliphatic carboxylic acids is 1. The van der Waals surface area contributed by atoms with E-state index in [9.17, 15) is 4.79 Å². The van der Waals surface area contributed by atoms with Gasteiger partial charge in [-0.05, 0) is 11.8 Å². The molecule has 68 valence electrons. The van der Waals surface area contributed by atoms with Gasteiger partial charge < -0.3 is 15.6 Å². The molecule has 3 unspecified atom stereocenters. The van der Waals surface area contributed by atoms with Crippen molar-refractivity contribution >= 4 is 5.97 Å². The normalized spacial score (nSPS) is 46.8. The van der Waals surface area contributed by atoms with Crippen LogP contribution in [0.15, 0.2) is 0 Å². The van der Waals surface area contributed by atoms with Crippen molar-refractivity contribution < 1.29 is 14.6 Å². The molecule has 3 N–H and O–H groups in total. The Balaban J connectivity index is 2.10. The Bertz CT molecular complexity index is 218. The predicted octanol–water partition coefficient (Wildman–Crippen LogP) is -0.319. The molecular formula is C8H13NO3. The van der Waals surface area contributed by atoms with Crippen LogP contribution in [0.1, 0.15) is 6.92 Å². The number of ether oxygens (including phenoxy) is 1. The zero-order valence-electron chi connectivity index (χ0n) is 6.99. The standard InChI is InChI=1S/C8H13NO3/c1-8(6(9)7(10)11)4-2-12-3-5(4)8/h4-6H,2-3,9H2,1H3,(H,10,11). The zero-order valence-corrected chi connectivity index (χ0v) is 6.99. The van der Waals surface area contributed by atoms with Crippen LogP contribution >= 0.6 is 0 Å². The number of fused-ring (bicyclic) bond motifs is 1. The highest BCUT2D eigenvalue weighted by Gasteiger charge is 2.68. The summed E-state index contributed by atoms with van der Waals surface area (Å²) in [4.78, 5) is 10.7.